The summed E-state index contributed by atoms with van der Waals surface area (Å²) in [6, 6.07) is 7.03. The average Bonchev–Trinajstić information content (AvgIpc) is 2.97. The summed E-state index contributed by atoms with van der Waals surface area (Å²) in [7, 11) is 0. The molecule has 0 saturated carbocycles. The number of thiophene rings is 1. The molecule has 0 aliphatic rings. The van der Waals surface area contributed by atoms with E-state index >= 15 is 0 Å². The minimum atomic E-state index is -0.515. The zero-order valence-corrected chi connectivity index (χ0v) is 17.1. The smallest absolute Gasteiger partial charge is 0.256 e. The van der Waals surface area contributed by atoms with Crippen LogP contribution in [0, 0.1) is 6.92 Å². The number of hydrogen-bond donors (Lipinski definition) is 2. The van der Waals surface area contributed by atoms with E-state index in [4.69, 9.17) is 10.5 Å². The number of carbonyl (C=O) groups excluding carboxylic acids is 2. The van der Waals surface area contributed by atoms with E-state index in [1.54, 1.807) is 24.3 Å². The first-order valence-corrected chi connectivity index (χ1v) is 10.3. The summed E-state index contributed by atoms with van der Waals surface area (Å²) in [6.07, 6.45) is 5.31. The standard InChI is InChI=1S/C21H28N2O3S/c1-4-6-7-8-13-26-16-11-9-15(10-12-16)20(25)23-21-18(19(22)24)17(5-2)14(3)27-21/h9-12H,4-8,13H2,1-3H3,(H2,22,24)(H,23,25). The Labute approximate surface area is 164 Å². The van der Waals surface area contributed by atoms with Gasteiger partial charge in [-0.3, -0.25) is 9.59 Å². The Morgan fingerprint density at radius 2 is 1.81 bits per heavy atom. The molecule has 0 spiro atoms. The van der Waals surface area contributed by atoms with Gasteiger partial charge in [-0.05, 0) is 49.6 Å². The number of ether oxygens (including phenoxy) is 1. The molecule has 146 valence electrons. The lowest BCUT2D eigenvalue weighted by atomic mass is 10.1. The third-order valence-electron chi connectivity index (χ3n) is 4.42. The summed E-state index contributed by atoms with van der Waals surface area (Å²) in [6.45, 7) is 6.76. The summed E-state index contributed by atoms with van der Waals surface area (Å²) < 4.78 is 5.70. The van der Waals surface area contributed by atoms with E-state index in [1.165, 1.54) is 30.6 Å². The maximum Gasteiger partial charge on any atom is 0.256 e. The SMILES string of the molecule is CCCCCCOc1ccc(C(=O)Nc2sc(C)c(CC)c2C(N)=O)cc1. The van der Waals surface area contributed by atoms with Crippen molar-refractivity contribution in [2.75, 3.05) is 11.9 Å². The van der Waals surface area contributed by atoms with Gasteiger partial charge in [0.25, 0.3) is 11.8 Å². The number of aryl methyl sites for hydroxylation is 1. The fraction of sp³-hybridized carbons (Fsp3) is 0.429. The Bertz CT molecular complexity index is 781. The monoisotopic (exact) mass is 388 g/mol. The Hall–Kier alpha value is -2.34. The zero-order chi connectivity index (χ0) is 19.8. The minimum Gasteiger partial charge on any atom is -0.494 e. The predicted octanol–water partition coefficient (Wildman–Crippen LogP) is 4.93. The Kier molecular flexibility index (Phi) is 7.85. The van der Waals surface area contributed by atoms with Crippen molar-refractivity contribution < 1.29 is 14.3 Å². The van der Waals surface area contributed by atoms with Crippen LogP contribution in [0.5, 0.6) is 5.75 Å². The van der Waals surface area contributed by atoms with E-state index in [9.17, 15) is 9.59 Å². The molecule has 0 radical (unpaired) electrons. The van der Waals surface area contributed by atoms with Crippen LogP contribution in [0.2, 0.25) is 0 Å². The van der Waals surface area contributed by atoms with Crippen LogP contribution >= 0.6 is 11.3 Å². The van der Waals surface area contributed by atoms with Crippen molar-refractivity contribution in [2.24, 2.45) is 5.73 Å². The van der Waals surface area contributed by atoms with Gasteiger partial charge in [-0.1, -0.05) is 33.1 Å². The molecule has 0 aliphatic heterocycles. The fourth-order valence-corrected chi connectivity index (χ4v) is 4.10. The number of primary amides is 1. The number of nitrogens with two attached hydrogens (primary N) is 1. The Balaban J connectivity index is 2.01. The molecule has 0 bridgehead atoms. The Morgan fingerprint density at radius 3 is 2.41 bits per heavy atom. The van der Waals surface area contributed by atoms with Gasteiger partial charge in [0.05, 0.1) is 12.2 Å². The molecule has 6 heteroatoms. The minimum absolute atomic E-state index is 0.268. The molecule has 0 atom stereocenters. The van der Waals surface area contributed by atoms with Crippen LogP contribution in [-0.2, 0) is 6.42 Å². The molecule has 2 amide bonds. The highest BCUT2D eigenvalue weighted by Gasteiger charge is 2.20. The number of nitrogens with one attached hydrogen (secondary N) is 1. The third kappa shape index (κ3) is 5.57. The van der Waals surface area contributed by atoms with Crippen molar-refractivity contribution >= 4 is 28.2 Å². The molecule has 1 aromatic carbocycles. The molecule has 0 saturated heterocycles. The highest BCUT2D eigenvalue weighted by atomic mass is 32.1. The fourth-order valence-electron chi connectivity index (χ4n) is 2.95. The first kappa shape index (κ1) is 21.0. The number of unbranched alkanes of at least 4 members (excludes halogenated alkanes) is 3. The van der Waals surface area contributed by atoms with Crippen LogP contribution in [0.4, 0.5) is 5.00 Å². The lowest BCUT2D eigenvalue weighted by Gasteiger charge is -2.08. The summed E-state index contributed by atoms with van der Waals surface area (Å²) in [5.74, 6) is -0.0321. The van der Waals surface area contributed by atoms with E-state index in [0.29, 0.717) is 29.2 Å². The molecule has 0 aliphatic carbocycles. The van der Waals surface area contributed by atoms with Crippen LogP contribution in [0.25, 0.3) is 0 Å². The molecular weight excluding hydrogens is 360 g/mol. The van der Waals surface area contributed by atoms with E-state index < -0.39 is 5.91 Å². The van der Waals surface area contributed by atoms with Crippen molar-refractivity contribution in [3.63, 3.8) is 0 Å². The van der Waals surface area contributed by atoms with Crippen LogP contribution in [0.3, 0.4) is 0 Å². The van der Waals surface area contributed by atoms with Crippen molar-refractivity contribution in [1.29, 1.82) is 0 Å². The van der Waals surface area contributed by atoms with Gasteiger partial charge in [-0.2, -0.15) is 0 Å². The van der Waals surface area contributed by atoms with Crippen LogP contribution in [0.15, 0.2) is 24.3 Å². The predicted molar refractivity (Wildman–Crippen MR) is 111 cm³/mol. The van der Waals surface area contributed by atoms with Crippen LogP contribution in [0.1, 0.15) is 70.7 Å². The molecule has 2 aromatic rings. The van der Waals surface area contributed by atoms with Crippen molar-refractivity contribution in [3.05, 3.63) is 45.8 Å². The van der Waals surface area contributed by atoms with Crippen LogP contribution < -0.4 is 15.8 Å². The second-order valence-electron chi connectivity index (χ2n) is 6.45. The van der Waals surface area contributed by atoms with Crippen molar-refractivity contribution in [1.82, 2.24) is 0 Å². The second kappa shape index (κ2) is 10.1. The van der Waals surface area contributed by atoms with Gasteiger partial charge in [-0.25, -0.2) is 0 Å². The molecule has 5 nitrogen and oxygen atoms in total. The number of anilines is 1. The van der Waals surface area contributed by atoms with Gasteiger partial charge >= 0.3 is 0 Å². The molecule has 1 heterocycles. The van der Waals surface area contributed by atoms with Gasteiger partial charge < -0.3 is 15.8 Å². The molecule has 3 N–H and O–H groups in total. The number of hydrogen-bond acceptors (Lipinski definition) is 4. The maximum absolute atomic E-state index is 12.5. The van der Waals surface area contributed by atoms with E-state index in [-0.39, 0.29) is 5.91 Å². The summed E-state index contributed by atoms with van der Waals surface area (Å²) in [4.78, 5) is 25.3. The summed E-state index contributed by atoms with van der Waals surface area (Å²) >= 11 is 1.38. The molecule has 0 unspecified atom stereocenters. The molecule has 2 rings (SSSR count). The summed E-state index contributed by atoms with van der Waals surface area (Å²) in [5.41, 5.74) is 7.34. The third-order valence-corrected chi connectivity index (χ3v) is 5.48. The number of amides is 2. The quantitative estimate of drug-likeness (QED) is 0.566. The van der Waals surface area contributed by atoms with Crippen molar-refractivity contribution in [3.8, 4) is 5.75 Å². The van der Waals surface area contributed by atoms with Crippen LogP contribution in [-0.4, -0.2) is 18.4 Å². The Morgan fingerprint density at radius 1 is 1.11 bits per heavy atom. The first-order valence-electron chi connectivity index (χ1n) is 9.44. The first-order chi connectivity index (χ1) is 13.0. The number of rotatable bonds is 10. The highest BCUT2D eigenvalue weighted by Crippen LogP contribution is 2.33. The van der Waals surface area contributed by atoms with Gasteiger partial charge in [0.1, 0.15) is 10.8 Å². The van der Waals surface area contributed by atoms with Crippen molar-refractivity contribution in [2.45, 2.75) is 52.9 Å². The van der Waals surface area contributed by atoms with E-state index in [1.807, 2.05) is 13.8 Å². The van der Waals surface area contributed by atoms with Gasteiger partial charge in [0.2, 0.25) is 0 Å². The number of benzene rings is 1. The second-order valence-corrected chi connectivity index (χ2v) is 7.67. The largest absolute Gasteiger partial charge is 0.494 e. The summed E-state index contributed by atoms with van der Waals surface area (Å²) in [5, 5.41) is 3.34. The van der Waals surface area contributed by atoms with Gasteiger partial charge in [0.15, 0.2) is 0 Å². The van der Waals surface area contributed by atoms with E-state index in [2.05, 4.69) is 12.2 Å². The maximum atomic E-state index is 12.5. The lowest BCUT2D eigenvalue weighted by molar-refractivity contribution is 0.100. The molecular formula is C21H28N2O3S. The van der Waals surface area contributed by atoms with E-state index in [0.717, 1.165) is 22.6 Å². The highest BCUT2D eigenvalue weighted by molar-refractivity contribution is 7.16. The van der Waals surface area contributed by atoms with Gasteiger partial charge in [-0.15, -0.1) is 11.3 Å². The van der Waals surface area contributed by atoms with Gasteiger partial charge in [0, 0.05) is 10.4 Å². The molecule has 27 heavy (non-hydrogen) atoms. The normalized spacial score (nSPS) is 10.6. The average molecular weight is 389 g/mol. The molecule has 0 fully saturated rings. The number of carbonyl (C=O) groups is 2. The topological polar surface area (TPSA) is 81.4 Å². The zero-order valence-electron chi connectivity index (χ0n) is 16.3. The molecule has 1 aromatic heterocycles. The lowest BCUT2D eigenvalue weighted by Crippen LogP contribution is -2.17.